The van der Waals surface area contributed by atoms with Gasteiger partial charge >= 0.3 is 0 Å². The molecule has 1 aliphatic rings. The number of aromatic nitrogens is 4. The van der Waals surface area contributed by atoms with Crippen LogP contribution >= 0.6 is 11.8 Å². The molecule has 6 nitrogen and oxygen atoms in total. The highest BCUT2D eigenvalue weighted by molar-refractivity contribution is 8.00. The first-order valence-electron chi connectivity index (χ1n) is 8.44. The number of phenols is 1. The molecule has 2 aromatic carbocycles. The van der Waals surface area contributed by atoms with Crippen molar-refractivity contribution < 1.29 is 9.90 Å². The van der Waals surface area contributed by atoms with Crippen molar-refractivity contribution in [2.45, 2.75) is 35.6 Å². The minimum absolute atomic E-state index is 0.179. The van der Waals surface area contributed by atoms with Crippen molar-refractivity contribution in [2.24, 2.45) is 0 Å². The van der Waals surface area contributed by atoms with E-state index in [1.54, 1.807) is 28.9 Å². The lowest BCUT2D eigenvalue weighted by molar-refractivity contribution is -0.120. The van der Waals surface area contributed by atoms with Gasteiger partial charge in [-0.1, -0.05) is 42.1 Å². The van der Waals surface area contributed by atoms with Crippen LogP contribution < -0.4 is 0 Å². The van der Waals surface area contributed by atoms with Gasteiger partial charge in [-0.15, -0.1) is 5.10 Å². The second-order valence-electron chi connectivity index (χ2n) is 6.46. The number of Topliss-reactive ketones (excluding diaryl/α,β-unsaturated/α-hetero) is 1. The van der Waals surface area contributed by atoms with Crippen molar-refractivity contribution in [1.29, 1.82) is 0 Å². The molecule has 26 heavy (non-hydrogen) atoms. The van der Waals surface area contributed by atoms with E-state index in [0.29, 0.717) is 5.16 Å². The third kappa shape index (κ3) is 2.99. The third-order valence-corrected chi connectivity index (χ3v) is 5.77. The zero-order valence-corrected chi connectivity index (χ0v) is 15.1. The number of ketones is 1. The summed E-state index contributed by atoms with van der Waals surface area (Å²) in [4.78, 5) is 13.1. The minimum atomic E-state index is -0.357. The van der Waals surface area contributed by atoms with Crippen LogP contribution in [0.2, 0.25) is 0 Å². The Balaban J connectivity index is 1.54. The molecule has 4 rings (SSSR count). The highest BCUT2D eigenvalue weighted by Gasteiger charge is 2.52. The first-order valence-corrected chi connectivity index (χ1v) is 9.32. The molecule has 1 heterocycles. The van der Waals surface area contributed by atoms with Crippen LogP contribution in [0, 0.1) is 0 Å². The summed E-state index contributed by atoms with van der Waals surface area (Å²) in [6.07, 6.45) is 1.79. The Bertz CT molecular complexity index is 920. The zero-order chi connectivity index (χ0) is 18.1. The molecule has 1 aliphatic carbocycles. The van der Waals surface area contributed by atoms with E-state index in [9.17, 15) is 9.90 Å². The fourth-order valence-electron chi connectivity index (χ4n) is 3.17. The Morgan fingerprint density at radius 2 is 1.85 bits per heavy atom. The van der Waals surface area contributed by atoms with Gasteiger partial charge in [0.15, 0.2) is 5.78 Å². The largest absolute Gasteiger partial charge is 0.508 e. The van der Waals surface area contributed by atoms with E-state index >= 15 is 0 Å². The number of hydrogen-bond donors (Lipinski definition) is 1. The third-order valence-electron chi connectivity index (χ3n) is 4.73. The number of aromatic hydroxyl groups is 1. The summed E-state index contributed by atoms with van der Waals surface area (Å²) >= 11 is 1.36. The molecule has 1 aromatic heterocycles. The first-order chi connectivity index (χ1) is 12.6. The molecular formula is C19H18N4O2S. The standard InChI is InChI=1S/C19H18N4O2S/c1-13(17(25)19(11-12-19)14-5-3-2-4-6-14)26-18-20-21-22-23(18)15-7-9-16(24)10-8-15/h2-10,13,24H,11-12H2,1H3. The lowest BCUT2D eigenvalue weighted by Gasteiger charge is -2.18. The summed E-state index contributed by atoms with van der Waals surface area (Å²) in [5.41, 5.74) is 1.47. The molecule has 7 heteroatoms. The predicted molar refractivity (Wildman–Crippen MR) is 98.5 cm³/mol. The second kappa shape index (κ2) is 6.57. The average Bonchev–Trinajstić information content (AvgIpc) is 3.36. The maximum atomic E-state index is 13.1. The van der Waals surface area contributed by atoms with E-state index in [1.165, 1.54) is 11.8 Å². The molecule has 0 radical (unpaired) electrons. The molecule has 0 amide bonds. The monoisotopic (exact) mass is 366 g/mol. The molecule has 1 saturated carbocycles. The van der Waals surface area contributed by atoms with Crippen LogP contribution in [-0.2, 0) is 10.2 Å². The van der Waals surface area contributed by atoms with Gasteiger partial charge in [-0.2, -0.15) is 4.68 Å². The fourth-order valence-corrected chi connectivity index (χ4v) is 4.14. The molecule has 132 valence electrons. The van der Waals surface area contributed by atoms with Gasteiger partial charge in [0.05, 0.1) is 16.4 Å². The van der Waals surface area contributed by atoms with Gasteiger partial charge < -0.3 is 5.11 Å². The minimum Gasteiger partial charge on any atom is -0.508 e. The van der Waals surface area contributed by atoms with Crippen LogP contribution in [0.3, 0.4) is 0 Å². The highest BCUT2D eigenvalue weighted by Crippen LogP contribution is 2.51. The molecule has 0 bridgehead atoms. The summed E-state index contributed by atoms with van der Waals surface area (Å²) < 4.78 is 1.58. The van der Waals surface area contributed by atoms with Gasteiger partial charge in [-0.05, 0) is 60.0 Å². The number of benzene rings is 2. The number of thioether (sulfide) groups is 1. The maximum absolute atomic E-state index is 13.1. The van der Waals surface area contributed by atoms with Gasteiger partial charge in [-0.25, -0.2) is 0 Å². The number of hydrogen-bond acceptors (Lipinski definition) is 6. The first kappa shape index (κ1) is 16.8. The van der Waals surface area contributed by atoms with E-state index in [-0.39, 0.29) is 22.2 Å². The van der Waals surface area contributed by atoms with Gasteiger partial charge in [0.2, 0.25) is 5.16 Å². The van der Waals surface area contributed by atoms with E-state index < -0.39 is 0 Å². The van der Waals surface area contributed by atoms with Crippen molar-refractivity contribution >= 4 is 17.5 Å². The van der Waals surface area contributed by atoms with Gasteiger partial charge in [-0.3, -0.25) is 4.79 Å². The van der Waals surface area contributed by atoms with E-state index in [0.717, 1.165) is 24.1 Å². The predicted octanol–water partition coefficient (Wildman–Crippen LogP) is 3.15. The molecule has 1 unspecified atom stereocenters. The topological polar surface area (TPSA) is 80.9 Å². The zero-order valence-electron chi connectivity index (χ0n) is 14.2. The van der Waals surface area contributed by atoms with Gasteiger partial charge in [0.25, 0.3) is 0 Å². The molecule has 1 atom stereocenters. The smallest absolute Gasteiger partial charge is 0.214 e. The van der Waals surface area contributed by atoms with E-state index in [4.69, 9.17) is 0 Å². The lowest BCUT2D eigenvalue weighted by atomic mass is 9.90. The summed E-state index contributed by atoms with van der Waals surface area (Å²) in [5.74, 6) is 0.395. The number of phenolic OH excluding ortho intramolecular Hbond substituents is 1. The van der Waals surface area contributed by atoms with Crippen LogP contribution in [0.5, 0.6) is 5.75 Å². The molecule has 0 saturated heterocycles. The second-order valence-corrected chi connectivity index (χ2v) is 7.77. The van der Waals surface area contributed by atoms with Gasteiger partial charge in [0.1, 0.15) is 5.75 Å². The highest BCUT2D eigenvalue weighted by atomic mass is 32.2. The van der Waals surface area contributed by atoms with E-state index in [2.05, 4.69) is 15.5 Å². The van der Waals surface area contributed by atoms with Gasteiger partial charge in [0, 0.05) is 0 Å². The molecule has 1 N–H and O–H groups in total. The summed E-state index contributed by atoms with van der Waals surface area (Å²) in [7, 11) is 0. The molecule has 1 fully saturated rings. The van der Waals surface area contributed by atoms with Crippen LogP contribution in [0.15, 0.2) is 59.8 Å². The number of rotatable bonds is 6. The molecule has 3 aromatic rings. The maximum Gasteiger partial charge on any atom is 0.214 e. The average molecular weight is 366 g/mol. The molecule has 0 aliphatic heterocycles. The normalized spacial score (nSPS) is 16.2. The number of tetrazole rings is 1. The van der Waals surface area contributed by atoms with Crippen molar-refractivity contribution in [2.75, 3.05) is 0 Å². The van der Waals surface area contributed by atoms with Crippen molar-refractivity contribution in [3.63, 3.8) is 0 Å². The van der Waals surface area contributed by atoms with Crippen LogP contribution in [0.25, 0.3) is 5.69 Å². The summed E-state index contributed by atoms with van der Waals surface area (Å²) in [5, 5.41) is 21.5. The number of carbonyl (C=O) groups is 1. The number of carbonyl (C=O) groups excluding carboxylic acids is 1. The molecule has 0 spiro atoms. The Kier molecular flexibility index (Phi) is 4.24. The lowest BCUT2D eigenvalue weighted by Crippen LogP contribution is -2.28. The van der Waals surface area contributed by atoms with Crippen molar-refractivity contribution in [3.8, 4) is 11.4 Å². The van der Waals surface area contributed by atoms with E-state index in [1.807, 2.05) is 37.3 Å². The Hall–Kier alpha value is -2.67. The van der Waals surface area contributed by atoms with Crippen molar-refractivity contribution in [1.82, 2.24) is 20.2 Å². The van der Waals surface area contributed by atoms with Crippen LogP contribution in [0.4, 0.5) is 0 Å². The summed E-state index contributed by atoms with van der Waals surface area (Å²) in [6.45, 7) is 1.91. The summed E-state index contributed by atoms with van der Waals surface area (Å²) in [6, 6.07) is 16.6. The fraction of sp³-hybridized carbons (Fsp3) is 0.263. The quantitative estimate of drug-likeness (QED) is 0.675. The molecular weight excluding hydrogens is 348 g/mol. The SMILES string of the molecule is CC(Sc1nnnn1-c1ccc(O)cc1)C(=O)C1(c2ccccc2)CC1. The van der Waals surface area contributed by atoms with Crippen LogP contribution in [-0.4, -0.2) is 36.3 Å². The Labute approximate surface area is 155 Å². The Morgan fingerprint density at radius 1 is 1.15 bits per heavy atom. The van der Waals surface area contributed by atoms with Crippen LogP contribution in [0.1, 0.15) is 25.3 Å². The Morgan fingerprint density at radius 3 is 2.50 bits per heavy atom. The number of nitrogens with zero attached hydrogens (tertiary/aromatic N) is 4. The van der Waals surface area contributed by atoms with Crippen molar-refractivity contribution in [3.05, 3.63) is 60.2 Å².